The average molecular weight is 630 g/mol. The quantitative estimate of drug-likeness (QED) is 0.0772. The van der Waals surface area contributed by atoms with Crippen molar-refractivity contribution in [1.82, 2.24) is 10.6 Å². The van der Waals surface area contributed by atoms with Crippen molar-refractivity contribution in [2.45, 2.75) is 32.9 Å². The van der Waals surface area contributed by atoms with Crippen LogP contribution in [0.3, 0.4) is 0 Å². The molecule has 0 radical (unpaired) electrons. The first kappa shape index (κ1) is 33.4. The van der Waals surface area contributed by atoms with E-state index in [2.05, 4.69) is 10.6 Å². The van der Waals surface area contributed by atoms with Gasteiger partial charge in [0.15, 0.2) is 0 Å². The third-order valence-electron chi connectivity index (χ3n) is 6.58. The molecule has 1 atom stereocenters. The van der Waals surface area contributed by atoms with Gasteiger partial charge >= 0.3 is 5.97 Å². The Kier molecular flexibility index (Phi) is 12.8. The zero-order chi connectivity index (χ0) is 31.4. The number of carboxylic acid groups (broad SMARTS) is 1. The lowest BCUT2D eigenvalue weighted by Gasteiger charge is -2.22. The number of benzene rings is 3. The van der Waals surface area contributed by atoms with Gasteiger partial charge in [0.05, 0.1) is 4.92 Å². The predicted octanol–water partition coefficient (Wildman–Crippen LogP) is 5.90. The second kappa shape index (κ2) is 16.5. The third kappa shape index (κ3) is 9.71. The molecule has 0 spiro atoms. The fourth-order valence-electron chi connectivity index (χ4n) is 4.21. The van der Waals surface area contributed by atoms with Crippen molar-refractivity contribution in [2.75, 3.05) is 31.1 Å². The van der Waals surface area contributed by atoms with E-state index in [1.807, 2.05) is 30.9 Å². The molecule has 3 aromatic rings. The van der Waals surface area contributed by atoms with E-state index in [0.717, 1.165) is 6.54 Å². The van der Waals surface area contributed by atoms with Gasteiger partial charge in [-0.2, -0.15) is 0 Å². The summed E-state index contributed by atoms with van der Waals surface area (Å²) >= 11 is 12.4. The summed E-state index contributed by atoms with van der Waals surface area (Å²) in [6.45, 7) is 6.77. The summed E-state index contributed by atoms with van der Waals surface area (Å²) in [7, 11) is 0. The zero-order valence-corrected chi connectivity index (χ0v) is 25.4. The van der Waals surface area contributed by atoms with Crippen LogP contribution >= 0.6 is 23.2 Å². The number of aliphatic carboxylic acids is 1. The summed E-state index contributed by atoms with van der Waals surface area (Å²) in [6.07, 6.45) is 3.90. The van der Waals surface area contributed by atoms with Crippen LogP contribution in [0.5, 0.6) is 5.75 Å². The Morgan fingerprint density at radius 1 is 1.07 bits per heavy atom. The standard InChI is InChI=1S/C31H34Cl2N4O6/c1-3-34-16-5-6-17-36(4-2)22-12-15-29(37(41)42)24(19-22)30(38)35-28(31(39)40)18-21-10-13-23(14-11-21)43-20-25-26(32)8-7-9-27(25)33/h5-15,19,28,34H,3-4,16-18,20H2,1-2H3,(H,35,38)(H,39,40). The van der Waals surface area contributed by atoms with E-state index in [1.54, 1.807) is 48.5 Å². The molecular formula is C31H34Cl2N4O6. The molecule has 1 unspecified atom stereocenters. The van der Waals surface area contributed by atoms with Crippen molar-refractivity contribution in [3.63, 3.8) is 0 Å². The number of ether oxygens (including phenoxy) is 1. The zero-order valence-electron chi connectivity index (χ0n) is 23.9. The number of halogens is 2. The van der Waals surface area contributed by atoms with Gasteiger partial charge in [0.2, 0.25) is 0 Å². The molecule has 0 aliphatic carbocycles. The first-order valence-electron chi connectivity index (χ1n) is 13.7. The fourth-order valence-corrected chi connectivity index (χ4v) is 4.72. The number of hydrogen-bond acceptors (Lipinski definition) is 7. The molecule has 43 heavy (non-hydrogen) atoms. The van der Waals surface area contributed by atoms with Crippen LogP contribution in [0.4, 0.5) is 11.4 Å². The number of carbonyl (C=O) groups is 2. The summed E-state index contributed by atoms with van der Waals surface area (Å²) in [5.74, 6) is -1.61. The minimum atomic E-state index is -1.33. The summed E-state index contributed by atoms with van der Waals surface area (Å²) in [5, 5.41) is 28.2. The number of nitro benzene ring substituents is 1. The van der Waals surface area contributed by atoms with Crippen LogP contribution in [-0.4, -0.2) is 54.1 Å². The number of anilines is 1. The SMILES string of the molecule is CCNCC=CCN(CC)c1ccc([N+](=O)[O-])c(C(=O)NC(Cc2ccc(OCc3c(Cl)cccc3Cl)cc2)C(=O)O)c1. The molecule has 12 heteroatoms. The summed E-state index contributed by atoms with van der Waals surface area (Å²) in [5.41, 5.74) is 1.23. The molecule has 0 heterocycles. The molecular weight excluding hydrogens is 595 g/mol. The van der Waals surface area contributed by atoms with Gasteiger partial charge in [-0.15, -0.1) is 0 Å². The molecule has 0 aliphatic heterocycles. The smallest absolute Gasteiger partial charge is 0.326 e. The van der Waals surface area contributed by atoms with Gasteiger partial charge in [-0.05, 0) is 55.4 Å². The minimum Gasteiger partial charge on any atom is -0.489 e. The highest BCUT2D eigenvalue weighted by Gasteiger charge is 2.27. The molecule has 0 fully saturated rings. The Hall–Kier alpha value is -4.12. The monoisotopic (exact) mass is 628 g/mol. The van der Waals surface area contributed by atoms with Crippen LogP contribution in [0.15, 0.2) is 72.8 Å². The Balaban J connectivity index is 1.72. The maximum Gasteiger partial charge on any atom is 0.326 e. The van der Waals surface area contributed by atoms with Crippen molar-refractivity contribution in [3.05, 3.63) is 110 Å². The maximum absolute atomic E-state index is 13.2. The van der Waals surface area contributed by atoms with Crippen molar-refractivity contribution < 1.29 is 24.4 Å². The highest BCUT2D eigenvalue weighted by atomic mass is 35.5. The van der Waals surface area contributed by atoms with E-state index in [1.165, 1.54) is 12.1 Å². The second-order valence-corrected chi connectivity index (χ2v) is 10.3. The molecule has 1 amide bonds. The van der Waals surface area contributed by atoms with Gasteiger partial charge in [0.25, 0.3) is 11.6 Å². The van der Waals surface area contributed by atoms with Crippen LogP contribution in [0.2, 0.25) is 10.0 Å². The van der Waals surface area contributed by atoms with Gasteiger partial charge in [-0.3, -0.25) is 14.9 Å². The number of nitrogens with one attached hydrogen (secondary N) is 2. The van der Waals surface area contributed by atoms with Crippen LogP contribution in [-0.2, 0) is 17.8 Å². The molecule has 0 aliphatic rings. The largest absolute Gasteiger partial charge is 0.489 e. The third-order valence-corrected chi connectivity index (χ3v) is 7.29. The number of carboxylic acids is 1. The van der Waals surface area contributed by atoms with Crippen molar-refractivity contribution in [3.8, 4) is 5.75 Å². The average Bonchev–Trinajstić information content (AvgIpc) is 2.98. The molecule has 3 N–H and O–H groups in total. The molecule has 0 bridgehead atoms. The highest BCUT2D eigenvalue weighted by Crippen LogP contribution is 2.27. The van der Waals surface area contributed by atoms with Crippen molar-refractivity contribution in [1.29, 1.82) is 0 Å². The van der Waals surface area contributed by atoms with Gasteiger partial charge in [0, 0.05) is 53.4 Å². The molecule has 0 saturated carbocycles. The number of nitro groups is 1. The number of carbonyl (C=O) groups excluding carboxylic acids is 1. The molecule has 3 aromatic carbocycles. The van der Waals surface area contributed by atoms with Crippen molar-refractivity contribution in [2.24, 2.45) is 0 Å². The van der Waals surface area contributed by atoms with Crippen LogP contribution in [0.25, 0.3) is 0 Å². The van der Waals surface area contributed by atoms with Gasteiger partial charge in [-0.25, -0.2) is 4.79 Å². The maximum atomic E-state index is 13.2. The molecule has 3 rings (SSSR count). The number of likely N-dealkylation sites (N-methyl/N-ethyl adjacent to an activating group) is 2. The first-order valence-corrected chi connectivity index (χ1v) is 14.5. The minimum absolute atomic E-state index is 0.0527. The molecule has 0 saturated heterocycles. The Bertz CT molecular complexity index is 1430. The highest BCUT2D eigenvalue weighted by molar-refractivity contribution is 6.35. The predicted molar refractivity (Wildman–Crippen MR) is 168 cm³/mol. The fraction of sp³-hybridized carbons (Fsp3) is 0.290. The van der Waals surface area contributed by atoms with Gasteiger partial charge in [-0.1, -0.05) is 60.5 Å². The number of nitrogens with zero attached hydrogens (tertiary/aromatic N) is 2. The second-order valence-electron chi connectivity index (χ2n) is 9.48. The lowest BCUT2D eigenvalue weighted by Crippen LogP contribution is -2.42. The Morgan fingerprint density at radius 3 is 2.37 bits per heavy atom. The molecule has 0 aromatic heterocycles. The topological polar surface area (TPSA) is 134 Å². The number of amides is 1. The summed E-state index contributed by atoms with van der Waals surface area (Å²) in [4.78, 5) is 38.3. The van der Waals surface area contributed by atoms with Crippen LogP contribution in [0, 0.1) is 10.1 Å². The number of hydrogen-bond donors (Lipinski definition) is 3. The summed E-state index contributed by atoms with van der Waals surface area (Å²) < 4.78 is 5.77. The lowest BCUT2D eigenvalue weighted by molar-refractivity contribution is -0.385. The number of rotatable bonds is 16. The molecule has 10 nitrogen and oxygen atoms in total. The van der Waals surface area contributed by atoms with E-state index in [-0.39, 0.29) is 18.6 Å². The van der Waals surface area contributed by atoms with Gasteiger partial charge < -0.3 is 25.4 Å². The van der Waals surface area contributed by atoms with E-state index in [0.29, 0.717) is 52.2 Å². The van der Waals surface area contributed by atoms with Gasteiger partial charge in [0.1, 0.15) is 24.0 Å². The van der Waals surface area contributed by atoms with E-state index >= 15 is 0 Å². The van der Waals surface area contributed by atoms with E-state index in [4.69, 9.17) is 27.9 Å². The normalized spacial score (nSPS) is 11.7. The Labute approximate surface area is 260 Å². The van der Waals surface area contributed by atoms with Crippen LogP contribution < -0.4 is 20.3 Å². The van der Waals surface area contributed by atoms with E-state index < -0.39 is 28.5 Å². The van der Waals surface area contributed by atoms with Crippen molar-refractivity contribution >= 4 is 46.5 Å². The first-order chi connectivity index (χ1) is 20.6. The summed E-state index contributed by atoms with van der Waals surface area (Å²) in [6, 6.07) is 14.8. The lowest BCUT2D eigenvalue weighted by atomic mass is 10.0. The molecule has 228 valence electrons. The Morgan fingerprint density at radius 2 is 1.77 bits per heavy atom. The van der Waals surface area contributed by atoms with Crippen LogP contribution in [0.1, 0.15) is 35.3 Å². The van der Waals surface area contributed by atoms with E-state index in [9.17, 15) is 24.8 Å².